The Labute approximate surface area is 114 Å². The topological polar surface area (TPSA) is 29.1 Å². The van der Waals surface area contributed by atoms with Crippen LogP contribution in [-0.4, -0.2) is 28.3 Å². The van der Waals surface area contributed by atoms with Gasteiger partial charge in [0.1, 0.15) is 0 Å². The molecule has 0 amide bonds. The SMILES string of the molecule is CC(CCNC1C2CC3CC(C2)CC1C3)S(C)=O. The average molecular weight is 269 g/mol. The molecule has 0 aromatic carbocycles. The third kappa shape index (κ3) is 2.53. The summed E-state index contributed by atoms with van der Waals surface area (Å²) in [6.45, 7) is 3.17. The van der Waals surface area contributed by atoms with E-state index in [1.165, 1.54) is 32.1 Å². The third-order valence-electron chi connectivity index (χ3n) is 5.72. The Balaban J connectivity index is 1.50. The van der Waals surface area contributed by atoms with Crippen molar-refractivity contribution in [2.24, 2.45) is 23.7 Å². The first-order chi connectivity index (χ1) is 8.63. The Bertz CT molecular complexity index is 302. The van der Waals surface area contributed by atoms with E-state index < -0.39 is 10.8 Å². The van der Waals surface area contributed by atoms with Crippen molar-refractivity contribution in [3.63, 3.8) is 0 Å². The molecule has 0 radical (unpaired) electrons. The van der Waals surface area contributed by atoms with Crippen molar-refractivity contribution in [2.75, 3.05) is 12.8 Å². The molecule has 4 fully saturated rings. The van der Waals surface area contributed by atoms with Crippen molar-refractivity contribution in [2.45, 2.75) is 56.7 Å². The number of hydrogen-bond donors (Lipinski definition) is 1. The van der Waals surface area contributed by atoms with Gasteiger partial charge in [0.15, 0.2) is 0 Å². The average Bonchev–Trinajstić information content (AvgIpc) is 2.31. The minimum atomic E-state index is -0.661. The maximum absolute atomic E-state index is 11.4. The standard InChI is InChI=1S/C15H27NOS/c1-10(18(2)17)3-4-16-15-13-6-11-5-12(8-13)9-14(15)7-11/h10-16H,3-9H2,1-2H3. The summed E-state index contributed by atoms with van der Waals surface area (Å²) in [5.41, 5.74) is 0. The van der Waals surface area contributed by atoms with Gasteiger partial charge in [-0.05, 0) is 68.7 Å². The quantitative estimate of drug-likeness (QED) is 0.831. The molecule has 1 N–H and O–H groups in total. The number of nitrogens with one attached hydrogen (secondary N) is 1. The molecule has 2 atom stereocenters. The van der Waals surface area contributed by atoms with Crippen LogP contribution in [0.1, 0.15) is 45.4 Å². The van der Waals surface area contributed by atoms with Gasteiger partial charge in [0.25, 0.3) is 0 Å². The summed E-state index contributed by atoms with van der Waals surface area (Å²) in [5, 5.41) is 4.16. The lowest BCUT2D eigenvalue weighted by molar-refractivity contribution is -0.0135. The van der Waals surface area contributed by atoms with E-state index in [4.69, 9.17) is 0 Å². The second-order valence-corrected chi connectivity index (χ2v) is 8.81. The van der Waals surface area contributed by atoms with Crippen LogP contribution in [0, 0.1) is 23.7 Å². The van der Waals surface area contributed by atoms with Crippen molar-refractivity contribution < 1.29 is 4.21 Å². The molecule has 2 nitrogen and oxygen atoms in total. The van der Waals surface area contributed by atoms with Gasteiger partial charge in [-0.2, -0.15) is 0 Å². The Kier molecular flexibility index (Phi) is 3.82. The molecule has 4 aliphatic carbocycles. The van der Waals surface area contributed by atoms with Gasteiger partial charge in [0.2, 0.25) is 0 Å². The van der Waals surface area contributed by atoms with Crippen LogP contribution in [0.2, 0.25) is 0 Å². The molecule has 0 aliphatic heterocycles. The van der Waals surface area contributed by atoms with E-state index in [0.29, 0.717) is 5.25 Å². The smallest absolute Gasteiger partial charge is 0.0329 e. The normalized spacial score (nSPS) is 45.1. The Morgan fingerprint density at radius 1 is 1.11 bits per heavy atom. The fraction of sp³-hybridized carbons (Fsp3) is 1.00. The largest absolute Gasteiger partial charge is 0.313 e. The summed E-state index contributed by atoms with van der Waals surface area (Å²) in [4.78, 5) is 0. The summed E-state index contributed by atoms with van der Waals surface area (Å²) in [6.07, 6.45) is 10.4. The molecular weight excluding hydrogens is 242 g/mol. The second-order valence-electron chi connectivity index (χ2n) is 7.01. The van der Waals surface area contributed by atoms with Crippen LogP contribution < -0.4 is 5.32 Å². The maximum atomic E-state index is 11.4. The van der Waals surface area contributed by atoms with E-state index in [1.807, 2.05) is 6.26 Å². The van der Waals surface area contributed by atoms with Crippen molar-refractivity contribution in [1.82, 2.24) is 5.32 Å². The maximum Gasteiger partial charge on any atom is 0.0329 e. The molecule has 0 aromatic heterocycles. The van der Waals surface area contributed by atoms with E-state index in [2.05, 4.69) is 12.2 Å². The lowest BCUT2D eigenvalue weighted by Gasteiger charge is -2.54. The van der Waals surface area contributed by atoms with Crippen molar-refractivity contribution >= 4 is 10.8 Å². The summed E-state index contributed by atoms with van der Waals surface area (Å²) in [5.74, 6) is 4.05. The first kappa shape index (κ1) is 13.1. The zero-order valence-electron chi connectivity index (χ0n) is 11.7. The van der Waals surface area contributed by atoms with E-state index in [1.54, 1.807) is 0 Å². The predicted octanol–water partition coefficient (Wildman–Crippen LogP) is 2.56. The molecule has 0 saturated heterocycles. The molecule has 0 heterocycles. The molecule has 4 saturated carbocycles. The van der Waals surface area contributed by atoms with Crippen molar-refractivity contribution in [3.8, 4) is 0 Å². The molecule has 4 aliphatic rings. The summed E-state index contributed by atoms with van der Waals surface area (Å²) < 4.78 is 11.4. The van der Waals surface area contributed by atoms with Crippen LogP contribution in [0.3, 0.4) is 0 Å². The molecular formula is C15H27NOS. The van der Waals surface area contributed by atoms with Gasteiger partial charge in [0, 0.05) is 28.3 Å². The van der Waals surface area contributed by atoms with Gasteiger partial charge in [-0.15, -0.1) is 0 Å². The number of rotatable bonds is 5. The van der Waals surface area contributed by atoms with E-state index in [-0.39, 0.29) is 0 Å². The van der Waals surface area contributed by atoms with Gasteiger partial charge < -0.3 is 5.32 Å². The highest BCUT2D eigenvalue weighted by molar-refractivity contribution is 7.84. The first-order valence-electron chi connectivity index (χ1n) is 7.69. The van der Waals surface area contributed by atoms with Crippen molar-refractivity contribution in [3.05, 3.63) is 0 Å². The number of hydrogen-bond acceptors (Lipinski definition) is 2. The van der Waals surface area contributed by atoms with Crippen LogP contribution in [-0.2, 0) is 10.8 Å². The van der Waals surface area contributed by atoms with Crippen LogP contribution >= 0.6 is 0 Å². The van der Waals surface area contributed by atoms with Gasteiger partial charge in [-0.3, -0.25) is 4.21 Å². The van der Waals surface area contributed by atoms with E-state index >= 15 is 0 Å². The lowest BCUT2D eigenvalue weighted by atomic mass is 9.54. The van der Waals surface area contributed by atoms with Crippen LogP contribution in [0.15, 0.2) is 0 Å². The van der Waals surface area contributed by atoms with Gasteiger partial charge in [-0.1, -0.05) is 6.92 Å². The summed E-state index contributed by atoms with van der Waals surface area (Å²) >= 11 is 0. The second kappa shape index (κ2) is 5.24. The third-order valence-corrected chi connectivity index (χ3v) is 7.09. The highest BCUT2D eigenvalue weighted by Gasteiger charge is 2.47. The molecule has 4 bridgehead atoms. The molecule has 2 unspecified atom stereocenters. The molecule has 0 aromatic rings. The zero-order valence-corrected chi connectivity index (χ0v) is 12.5. The highest BCUT2D eigenvalue weighted by Crippen LogP contribution is 2.53. The minimum Gasteiger partial charge on any atom is -0.313 e. The van der Waals surface area contributed by atoms with Crippen LogP contribution in [0.5, 0.6) is 0 Å². The Hall–Kier alpha value is 0.110. The zero-order chi connectivity index (χ0) is 12.7. The fourth-order valence-electron chi connectivity index (χ4n) is 4.88. The monoisotopic (exact) mass is 269 g/mol. The molecule has 3 heteroatoms. The molecule has 0 spiro atoms. The first-order valence-corrected chi connectivity index (χ1v) is 9.31. The van der Waals surface area contributed by atoms with Crippen LogP contribution in [0.4, 0.5) is 0 Å². The summed E-state index contributed by atoms with van der Waals surface area (Å²) in [7, 11) is -0.661. The summed E-state index contributed by atoms with van der Waals surface area (Å²) in [6, 6.07) is 0.787. The fourth-order valence-corrected chi connectivity index (χ4v) is 5.33. The van der Waals surface area contributed by atoms with E-state index in [9.17, 15) is 4.21 Å². The lowest BCUT2D eigenvalue weighted by Crippen LogP contribution is -2.54. The van der Waals surface area contributed by atoms with Gasteiger partial charge >= 0.3 is 0 Å². The van der Waals surface area contributed by atoms with E-state index in [0.717, 1.165) is 42.7 Å². The van der Waals surface area contributed by atoms with Crippen molar-refractivity contribution in [1.29, 1.82) is 0 Å². The van der Waals surface area contributed by atoms with Gasteiger partial charge in [0.05, 0.1) is 0 Å². The molecule has 104 valence electrons. The van der Waals surface area contributed by atoms with Gasteiger partial charge in [-0.25, -0.2) is 0 Å². The Morgan fingerprint density at radius 3 is 2.17 bits per heavy atom. The predicted molar refractivity (Wildman–Crippen MR) is 77.0 cm³/mol. The minimum absolute atomic E-state index is 0.342. The Morgan fingerprint density at radius 2 is 1.67 bits per heavy atom. The molecule has 18 heavy (non-hydrogen) atoms. The molecule has 4 rings (SSSR count). The van der Waals surface area contributed by atoms with Crippen LogP contribution in [0.25, 0.3) is 0 Å². The highest BCUT2D eigenvalue weighted by atomic mass is 32.2.